The van der Waals surface area contributed by atoms with Crippen LogP contribution in [0, 0.1) is 13.8 Å². The number of morpholine rings is 1. The van der Waals surface area contributed by atoms with E-state index in [2.05, 4.69) is 90.4 Å². The first-order valence-corrected chi connectivity index (χ1v) is 11.8. The number of nitrogens with zero attached hydrogens (tertiary/aromatic N) is 3. The minimum absolute atomic E-state index is 0.248. The number of ether oxygens (including phenoxy) is 1. The summed E-state index contributed by atoms with van der Waals surface area (Å²) in [7, 11) is 0. The van der Waals surface area contributed by atoms with E-state index in [1.54, 1.807) is 0 Å². The molecule has 0 aliphatic carbocycles. The Morgan fingerprint density at radius 2 is 1.79 bits per heavy atom. The average Bonchev–Trinajstić information content (AvgIpc) is 3.27. The van der Waals surface area contributed by atoms with Crippen LogP contribution in [0.5, 0.6) is 0 Å². The standard InChI is InChI=1S/C29H28N4O/c1-18-4-9-26-24(12-18)25(13-19(2)31-26)28-15-30-29-14-23(10-11-33(28)29)21-5-7-22(8-6-21)27-17-34-16-20(3)32-27/h4-15,20,27,32H,16-17H2,1-3H3. The molecule has 0 bridgehead atoms. The fraction of sp³-hybridized carbons (Fsp3) is 0.241. The summed E-state index contributed by atoms with van der Waals surface area (Å²) in [6.45, 7) is 7.81. The van der Waals surface area contributed by atoms with E-state index in [1.165, 1.54) is 16.7 Å². The van der Waals surface area contributed by atoms with Crippen molar-refractivity contribution in [3.05, 3.63) is 89.9 Å². The number of rotatable bonds is 3. The van der Waals surface area contributed by atoms with Crippen LogP contribution in [-0.4, -0.2) is 33.6 Å². The van der Waals surface area contributed by atoms with Crippen molar-refractivity contribution in [2.75, 3.05) is 13.2 Å². The van der Waals surface area contributed by atoms with Crippen molar-refractivity contribution in [2.45, 2.75) is 32.9 Å². The van der Waals surface area contributed by atoms with Gasteiger partial charge in [0.05, 0.1) is 36.7 Å². The van der Waals surface area contributed by atoms with Crippen molar-refractivity contribution in [1.82, 2.24) is 19.7 Å². The van der Waals surface area contributed by atoms with Crippen molar-refractivity contribution in [1.29, 1.82) is 0 Å². The molecule has 34 heavy (non-hydrogen) atoms. The smallest absolute Gasteiger partial charge is 0.137 e. The Morgan fingerprint density at radius 3 is 2.62 bits per heavy atom. The second-order valence-corrected chi connectivity index (χ2v) is 9.40. The van der Waals surface area contributed by atoms with Crippen molar-refractivity contribution >= 4 is 16.6 Å². The van der Waals surface area contributed by atoms with Crippen molar-refractivity contribution in [3.63, 3.8) is 0 Å². The van der Waals surface area contributed by atoms with Gasteiger partial charge in [0.2, 0.25) is 0 Å². The number of fused-ring (bicyclic) bond motifs is 2. The van der Waals surface area contributed by atoms with Crippen LogP contribution in [-0.2, 0) is 4.74 Å². The van der Waals surface area contributed by atoms with Gasteiger partial charge >= 0.3 is 0 Å². The number of aryl methyl sites for hydroxylation is 2. The first-order valence-electron chi connectivity index (χ1n) is 11.8. The highest BCUT2D eigenvalue weighted by Crippen LogP contribution is 2.31. The van der Waals surface area contributed by atoms with Crippen LogP contribution >= 0.6 is 0 Å². The van der Waals surface area contributed by atoms with Gasteiger partial charge in [-0.05, 0) is 67.8 Å². The molecule has 1 aliphatic heterocycles. The molecule has 170 valence electrons. The number of imidazole rings is 1. The molecule has 0 radical (unpaired) electrons. The third-order valence-corrected chi connectivity index (χ3v) is 6.67. The molecule has 5 nitrogen and oxygen atoms in total. The highest BCUT2D eigenvalue weighted by atomic mass is 16.5. The molecular weight excluding hydrogens is 420 g/mol. The summed E-state index contributed by atoms with van der Waals surface area (Å²) in [6.07, 6.45) is 4.09. The molecule has 1 fully saturated rings. The third kappa shape index (κ3) is 3.77. The van der Waals surface area contributed by atoms with Gasteiger partial charge in [0.15, 0.2) is 0 Å². The summed E-state index contributed by atoms with van der Waals surface area (Å²) in [4.78, 5) is 9.48. The lowest BCUT2D eigenvalue weighted by Crippen LogP contribution is -2.41. The molecule has 6 rings (SSSR count). The van der Waals surface area contributed by atoms with Crippen molar-refractivity contribution in [3.8, 4) is 22.4 Å². The number of hydrogen-bond donors (Lipinski definition) is 1. The first-order chi connectivity index (χ1) is 16.5. The van der Waals surface area contributed by atoms with Crippen LogP contribution in [0.25, 0.3) is 38.9 Å². The molecule has 2 unspecified atom stereocenters. The van der Waals surface area contributed by atoms with E-state index in [-0.39, 0.29) is 6.04 Å². The van der Waals surface area contributed by atoms with Crippen LogP contribution in [0.2, 0.25) is 0 Å². The van der Waals surface area contributed by atoms with Gasteiger partial charge in [0, 0.05) is 28.9 Å². The van der Waals surface area contributed by atoms with E-state index in [0.717, 1.165) is 52.3 Å². The maximum atomic E-state index is 5.71. The second-order valence-electron chi connectivity index (χ2n) is 9.40. The molecule has 0 spiro atoms. The number of hydrogen-bond acceptors (Lipinski definition) is 4. The van der Waals surface area contributed by atoms with E-state index in [4.69, 9.17) is 14.7 Å². The van der Waals surface area contributed by atoms with Gasteiger partial charge in [-0.15, -0.1) is 0 Å². The van der Waals surface area contributed by atoms with Gasteiger partial charge in [-0.3, -0.25) is 9.38 Å². The summed E-state index contributed by atoms with van der Waals surface area (Å²) >= 11 is 0. The monoisotopic (exact) mass is 448 g/mol. The lowest BCUT2D eigenvalue weighted by molar-refractivity contribution is 0.0504. The van der Waals surface area contributed by atoms with Gasteiger partial charge in [0.25, 0.3) is 0 Å². The van der Waals surface area contributed by atoms with Crippen LogP contribution in [0.4, 0.5) is 0 Å². The summed E-state index contributed by atoms with van der Waals surface area (Å²) in [5.41, 5.74) is 10.0. The maximum Gasteiger partial charge on any atom is 0.137 e. The zero-order valence-corrected chi connectivity index (χ0v) is 19.7. The van der Waals surface area contributed by atoms with Crippen molar-refractivity contribution in [2.24, 2.45) is 0 Å². The Hall–Kier alpha value is -3.54. The number of benzene rings is 2. The summed E-state index contributed by atoms with van der Waals surface area (Å²) < 4.78 is 7.88. The summed E-state index contributed by atoms with van der Waals surface area (Å²) in [5, 5.41) is 4.77. The number of aromatic nitrogens is 3. The second kappa shape index (κ2) is 8.35. The molecule has 0 amide bonds. The molecule has 4 heterocycles. The van der Waals surface area contributed by atoms with E-state index >= 15 is 0 Å². The molecule has 1 saturated heterocycles. The van der Waals surface area contributed by atoms with Gasteiger partial charge in [0.1, 0.15) is 5.65 Å². The zero-order valence-electron chi connectivity index (χ0n) is 19.7. The number of pyridine rings is 2. The zero-order chi connectivity index (χ0) is 23.2. The lowest BCUT2D eigenvalue weighted by atomic mass is 10.0. The Balaban J connectivity index is 1.36. The molecule has 2 atom stereocenters. The van der Waals surface area contributed by atoms with Gasteiger partial charge in [-0.25, -0.2) is 4.98 Å². The predicted octanol–water partition coefficient (Wildman–Crippen LogP) is 5.88. The normalized spacial score (nSPS) is 18.6. The van der Waals surface area contributed by atoms with Crippen molar-refractivity contribution < 1.29 is 4.74 Å². The molecule has 3 aromatic heterocycles. The Labute approximate surface area is 199 Å². The molecule has 5 heteroatoms. The van der Waals surface area contributed by atoms with E-state index in [9.17, 15) is 0 Å². The molecule has 2 aromatic carbocycles. The Bertz CT molecular complexity index is 1500. The SMILES string of the molecule is Cc1ccc2nc(C)cc(-c3cnc4cc(-c5ccc(C6COCC(C)N6)cc5)ccn34)c2c1. The largest absolute Gasteiger partial charge is 0.378 e. The molecule has 0 saturated carbocycles. The van der Waals surface area contributed by atoms with Gasteiger partial charge < -0.3 is 10.1 Å². The lowest BCUT2D eigenvalue weighted by Gasteiger charge is -2.29. The van der Waals surface area contributed by atoms with Crippen LogP contribution < -0.4 is 5.32 Å². The molecular formula is C29H28N4O. The highest BCUT2D eigenvalue weighted by Gasteiger charge is 2.20. The van der Waals surface area contributed by atoms with Crippen LogP contribution in [0.3, 0.4) is 0 Å². The minimum atomic E-state index is 0.248. The summed E-state index contributed by atoms with van der Waals surface area (Å²) in [5.74, 6) is 0. The summed E-state index contributed by atoms with van der Waals surface area (Å²) in [6, 6.07) is 22.3. The predicted molar refractivity (Wildman–Crippen MR) is 137 cm³/mol. The Kier molecular flexibility index (Phi) is 5.16. The fourth-order valence-corrected chi connectivity index (χ4v) is 4.95. The molecule has 1 N–H and O–H groups in total. The fourth-order valence-electron chi connectivity index (χ4n) is 4.95. The minimum Gasteiger partial charge on any atom is -0.378 e. The topological polar surface area (TPSA) is 51.5 Å². The van der Waals surface area contributed by atoms with Gasteiger partial charge in [-0.2, -0.15) is 0 Å². The Morgan fingerprint density at radius 1 is 0.941 bits per heavy atom. The molecule has 1 aliphatic rings. The molecule has 5 aromatic rings. The van der Waals surface area contributed by atoms with E-state index in [1.807, 2.05) is 13.1 Å². The van der Waals surface area contributed by atoms with Crippen LogP contribution in [0.15, 0.2) is 73.1 Å². The quantitative estimate of drug-likeness (QED) is 0.374. The first kappa shape index (κ1) is 21.0. The average molecular weight is 449 g/mol. The van der Waals surface area contributed by atoms with E-state index in [0.29, 0.717) is 6.04 Å². The van der Waals surface area contributed by atoms with E-state index < -0.39 is 0 Å². The number of nitrogens with one attached hydrogen (secondary N) is 1. The third-order valence-electron chi connectivity index (χ3n) is 6.67. The van der Waals surface area contributed by atoms with Gasteiger partial charge in [-0.1, -0.05) is 35.9 Å². The van der Waals surface area contributed by atoms with Crippen LogP contribution in [0.1, 0.15) is 29.8 Å². The maximum absolute atomic E-state index is 5.71. The highest BCUT2D eigenvalue weighted by molar-refractivity contribution is 5.94.